The Hall–Kier alpha value is -4.19. The average molecular weight is 504 g/mol. The molecule has 0 saturated heterocycles. The Bertz CT molecular complexity index is 1400. The highest BCUT2D eigenvalue weighted by atomic mass is 35.5. The van der Waals surface area contributed by atoms with E-state index in [1.165, 1.54) is 18.6 Å². The topological polar surface area (TPSA) is 121 Å². The number of aromatic nitrogens is 5. The monoisotopic (exact) mass is 503 g/mol. The summed E-state index contributed by atoms with van der Waals surface area (Å²) < 4.78 is 46.4. The number of nitrogens with one attached hydrogen (secondary N) is 1. The molecule has 0 bridgehead atoms. The molecule has 4 rings (SSSR count). The number of pyridine rings is 1. The zero-order valence-electron chi connectivity index (χ0n) is 17.8. The molecule has 0 amide bonds. The van der Waals surface area contributed by atoms with Crippen LogP contribution >= 0.6 is 11.6 Å². The van der Waals surface area contributed by atoms with Crippen LogP contribution in [0.2, 0.25) is 5.15 Å². The van der Waals surface area contributed by atoms with Crippen molar-refractivity contribution in [3.63, 3.8) is 0 Å². The lowest BCUT2D eigenvalue weighted by molar-refractivity contribution is -0.137. The second-order valence-corrected chi connectivity index (χ2v) is 7.59. The van der Waals surface area contributed by atoms with Gasteiger partial charge in [0.25, 0.3) is 0 Å². The molecule has 9 nitrogen and oxygen atoms in total. The van der Waals surface area contributed by atoms with Crippen molar-refractivity contribution in [3.05, 3.63) is 87.9 Å². The van der Waals surface area contributed by atoms with Crippen molar-refractivity contribution in [2.45, 2.75) is 12.6 Å². The fourth-order valence-corrected chi connectivity index (χ4v) is 3.19. The zero-order valence-corrected chi connectivity index (χ0v) is 18.6. The molecule has 35 heavy (non-hydrogen) atoms. The molecule has 3 heterocycles. The number of hydrogen-bond acceptors (Lipinski definition) is 8. The lowest BCUT2D eigenvalue weighted by Gasteiger charge is -2.14. The molecule has 13 heteroatoms. The second kappa shape index (κ2) is 9.97. The summed E-state index contributed by atoms with van der Waals surface area (Å²) in [7, 11) is 0. The highest BCUT2D eigenvalue weighted by molar-refractivity contribution is 6.29. The van der Waals surface area contributed by atoms with Crippen molar-refractivity contribution in [2.75, 3.05) is 17.6 Å². The first-order valence-electron chi connectivity index (χ1n) is 10.1. The van der Waals surface area contributed by atoms with Crippen molar-refractivity contribution in [1.29, 1.82) is 0 Å². The summed E-state index contributed by atoms with van der Waals surface area (Å²) in [6.45, 7) is 0.575. The van der Waals surface area contributed by atoms with E-state index in [1.807, 2.05) is 0 Å². The Balaban J connectivity index is 1.52. The number of halogens is 4. The van der Waals surface area contributed by atoms with Crippen LogP contribution in [0.15, 0.2) is 66.0 Å². The SMILES string of the molecule is Nc1ccn(-c2cc(C(F)(F)F)cnc2Oc2ccc(CCNc3cc(Cl)ncn3)cc2)c(=O)n1. The predicted molar refractivity (Wildman–Crippen MR) is 123 cm³/mol. The number of nitrogen functional groups attached to an aromatic ring is 1. The average Bonchev–Trinajstić information content (AvgIpc) is 2.80. The summed E-state index contributed by atoms with van der Waals surface area (Å²) in [4.78, 5) is 27.5. The van der Waals surface area contributed by atoms with E-state index < -0.39 is 17.4 Å². The van der Waals surface area contributed by atoms with Crippen LogP contribution in [-0.4, -0.2) is 31.0 Å². The van der Waals surface area contributed by atoms with Crippen LogP contribution in [0.1, 0.15) is 11.1 Å². The van der Waals surface area contributed by atoms with E-state index in [2.05, 4.69) is 25.3 Å². The maximum atomic E-state index is 13.3. The number of benzene rings is 1. The van der Waals surface area contributed by atoms with Crippen LogP contribution in [0.4, 0.5) is 24.8 Å². The van der Waals surface area contributed by atoms with Gasteiger partial charge in [0, 0.05) is 25.0 Å². The Morgan fingerprint density at radius 2 is 1.86 bits per heavy atom. The van der Waals surface area contributed by atoms with Crippen molar-refractivity contribution in [2.24, 2.45) is 0 Å². The van der Waals surface area contributed by atoms with Crippen LogP contribution in [0.5, 0.6) is 11.6 Å². The molecule has 3 N–H and O–H groups in total. The van der Waals surface area contributed by atoms with Gasteiger partial charge in [-0.25, -0.2) is 19.7 Å². The van der Waals surface area contributed by atoms with Gasteiger partial charge in [-0.1, -0.05) is 23.7 Å². The van der Waals surface area contributed by atoms with E-state index in [0.717, 1.165) is 16.2 Å². The van der Waals surface area contributed by atoms with Gasteiger partial charge >= 0.3 is 11.9 Å². The molecule has 1 aromatic carbocycles. The van der Waals surface area contributed by atoms with Crippen molar-refractivity contribution < 1.29 is 17.9 Å². The van der Waals surface area contributed by atoms with Gasteiger partial charge in [-0.2, -0.15) is 18.2 Å². The van der Waals surface area contributed by atoms with E-state index in [9.17, 15) is 18.0 Å². The summed E-state index contributed by atoms with van der Waals surface area (Å²) in [5.74, 6) is 0.635. The van der Waals surface area contributed by atoms with Gasteiger partial charge in [-0.15, -0.1) is 0 Å². The first-order valence-corrected chi connectivity index (χ1v) is 10.5. The predicted octanol–water partition coefficient (Wildman–Crippen LogP) is 4.12. The van der Waals surface area contributed by atoms with Gasteiger partial charge < -0.3 is 15.8 Å². The molecule has 0 unspecified atom stereocenters. The quantitative estimate of drug-likeness (QED) is 0.361. The van der Waals surface area contributed by atoms with E-state index >= 15 is 0 Å². The third-order valence-corrected chi connectivity index (χ3v) is 4.94. The van der Waals surface area contributed by atoms with Gasteiger partial charge in [0.15, 0.2) is 0 Å². The minimum atomic E-state index is -4.67. The summed E-state index contributed by atoms with van der Waals surface area (Å²) >= 11 is 5.83. The standard InChI is InChI=1S/C22H17ClF3N7O2/c23-17-10-19(31-12-30-17)28-7-5-13-1-3-15(4-2-13)35-20-16(9-14(11-29-20)22(24,25)26)33-8-6-18(27)32-21(33)34/h1-4,6,8-12H,5,7H2,(H2,27,32,34)(H,28,30,31). The largest absolute Gasteiger partial charge is 0.437 e. The number of ether oxygens (including phenoxy) is 1. The Morgan fingerprint density at radius 3 is 2.54 bits per heavy atom. The molecule has 0 aliphatic carbocycles. The molecule has 0 spiro atoms. The Labute approximate surface area is 201 Å². The maximum absolute atomic E-state index is 13.3. The fraction of sp³-hybridized carbons (Fsp3) is 0.136. The summed E-state index contributed by atoms with van der Waals surface area (Å²) in [5.41, 5.74) is 4.31. The van der Waals surface area contributed by atoms with Crippen molar-refractivity contribution >= 4 is 23.2 Å². The highest BCUT2D eigenvalue weighted by Gasteiger charge is 2.32. The smallest absolute Gasteiger partial charge is 0.417 e. The number of alkyl halides is 3. The first-order chi connectivity index (χ1) is 16.7. The summed E-state index contributed by atoms with van der Waals surface area (Å²) in [6, 6.07) is 10.5. The Morgan fingerprint density at radius 1 is 1.09 bits per heavy atom. The number of anilines is 2. The van der Waals surface area contributed by atoms with E-state index in [0.29, 0.717) is 35.9 Å². The van der Waals surface area contributed by atoms with Crippen LogP contribution < -0.4 is 21.5 Å². The molecule has 0 atom stereocenters. The third-order valence-electron chi connectivity index (χ3n) is 4.74. The van der Waals surface area contributed by atoms with Crippen LogP contribution in [0, 0.1) is 0 Å². The minimum Gasteiger partial charge on any atom is -0.437 e. The van der Waals surface area contributed by atoms with Gasteiger partial charge in [-0.3, -0.25) is 4.57 Å². The van der Waals surface area contributed by atoms with E-state index in [-0.39, 0.29) is 17.4 Å². The molecule has 0 radical (unpaired) electrons. The van der Waals surface area contributed by atoms with Gasteiger partial charge in [0.1, 0.15) is 34.6 Å². The number of nitrogens with two attached hydrogens (primary N) is 1. The molecule has 0 aliphatic heterocycles. The molecule has 3 aromatic heterocycles. The lowest BCUT2D eigenvalue weighted by atomic mass is 10.1. The van der Waals surface area contributed by atoms with Crippen molar-refractivity contribution in [3.8, 4) is 17.3 Å². The van der Waals surface area contributed by atoms with Crippen LogP contribution in [-0.2, 0) is 12.6 Å². The second-order valence-electron chi connectivity index (χ2n) is 7.20. The molecule has 0 saturated carbocycles. The first kappa shape index (κ1) is 24.0. The van der Waals surface area contributed by atoms with Crippen molar-refractivity contribution in [1.82, 2.24) is 24.5 Å². The molecular formula is C22H17ClF3N7O2. The lowest BCUT2D eigenvalue weighted by Crippen LogP contribution is -2.23. The minimum absolute atomic E-state index is 0.0680. The zero-order chi connectivity index (χ0) is 25.0. The van der Waals surface area contributed by atoms with E-state index in [4.69, 9.17) is 22.1 Å². The number of hydrogen-bond donors (Lipinski definition) is 2. The van der Waals surface area contributed by atoms with Gasteiger partial charge in [-0.05, 0) is 36.2 Å². The summed E-state index contributed by atoms with van der Waals surface area (Å²) in [5, 5.41) is 3.46. The van der Waals surface area contributed by atoms with Crippen LogP contribution in [0.3, 0.4) is 0 Å². The number of nitrogens with zero attached hydrogens (tertiary/aromatic N) is 5. The highest BCUT2D eigenvalue weighted by Crippen LogP contribution is 2.34. The van der Waals surface area contributed by atoms with Gasteiger partial charge in [0.05, 0.1) is 5.56 Å². The van der Waals surface area contributed by atoms with Crippen LogP contribution in [0.25, 0.3) is 5.69 Å². The molecular weight excluding hydrogens is 487 g/mol. The molecule has 0 aliphatic rings. The normalized spacial score (nSPS) is 11.3. The maximum Gasteiger partial charge on any atom is 0.417 e. The third kappa shape index (κ3) is 6.03. The molecule has 4 aromatic rings. The molecule has 180 valence electrons. The number of rotatable bonds is 7. The molecule has 0 fully saturated rings. The van der Waals surface area contributed by atoms with E-state index in [1.54, 1.807) is 30.3 Å². The Kier molecular flexibility index (Phi) is 6.82. The summed E-state index contributed by atoms with van der Waals surface area (Å²) in [6.07, 6.45) is -0.825. The fourth-order valence-electron chi connectivity index (χ4n) is 3.05. The van der Waals surface area contributed by atoms with Gasteiger partial charge in [0.2, 0.25) is 5.88 Å².